The van der Waals surface area contributed by atoms with Crippen molar-refractivity contribution in [2.45, 2.75) is 19.3 Å². The van der Waals surface area contributed by atoms with Crippen LogP contribution in [0.1, 0.15) is 39.4 Å². The zero-order valence-electron chi connectivity index (χ0n) is 16.4. The molecule has 0 spiro atoms. The Balaban J connectivity index is 1.62. The summed E-state index contributed by atoms with van der Waals surface area (Å²) in [6, 6.07) is 25.3. The molecule has 3 amide bonds. The average molecular weight is 387 g/mol. The SMILES string of the molecule is Cc1ccc(NC(=O)NCCC(c2ccccc2)c2ccccc2)cc1C(N)=O. The van der Waals surface area contributed by atoms with E-state index in [4.69, 9.17) is 5.73 Å². The minimum absolute atomic E-state index is 0.193. The summed E-state index contributed by atoms with van der Waals surface area (Å²) in [5.74, 6) is -0.321. The Hall–Kier alpha value is -3.60. The maximum absolute atomic E-state index is 12.3. The third-order valence-electron chi connectivity index (χ3n) is 4.88. The fourth-order valence-corrected chi connectivity index (χ4v) is 3.37. The lowest BCUT2D eigenvalue weighted by Gasteiger charge is -2.18. The molecule has 5 heteroatoms. The molecule has 0 radical (unpaired) electrons. The Morgan fingerprint density at radius 1 is 0.897 bits per heavy atom. The van der Waals surface area contributed by atoms with E-state index < -0.39 is 5.91 Å². The average Bonchev–Trinajstić information content (AvgIpc) is 2.73. The Kier molecular flexibility index (Phi) is 6.63. The molecule has 0 fully saturated rings. The van der Waals surface area contributed by atoms with Crippen LogP contribution in [0.15, 0.2) is 78.9 Å². The van der Waals surface area contributed by atoms with E-state index in [0.717, 1.165) is 12.0 Å². The lowest BCUT2D eigenvalue weighted by molar-refractivity contribution is 0.0999. The highest BCUT2D eigenvalue weighted by Gasteiger charge is 2.14. The third kappa shape index (κ3) is 5.45. The van der Waals surface area contributed by atoms with Gasteiger partial charge in [0.1, 0.15) is 0 Å². The first-order valence-electron chi connectivity index (χ1n) is 9.60. The highest BCUT2D eigenvalue weighted by atomic mass is 16.2. The van der Waals surface area contributed by atoms with Gasteiger partial charge in [-0.25, -0.2) is 4.79 Å². The molecule has 3 aromatic rings. The smallest absolute Gasteiger partial charge is 0.319 e. The van der Waals surface area contributed by atoms with Gasteiger partial charge in [0, 0.05) is 23.7 Å². The van der Waals surface area contributed by atoms with Gasteiger partial charge < -0.3 is 16.4 Å². The van der Waals surface area contributed by atoms with Crippen molar-refractivity contribution in [3.05, 3.63) is 101 Å². The molecule has 3 aromatic carbocycles. The van der Waals surface area contributed by atoms with E-state index in [2.05, 4.69) is 34.9 Å². The Morgan fingerprint density at radius 2 is 1.48 bits per heavy atom. The number of nitrogens with one attached hydrogen (secondary N) is 2. The van der Waals surface area contributed by atoms with E-state index in [1.165, 1.54) is 11.1 Å². The number of carbonyl (C=O) groups excluding carboxylic acids is 2. The number of hydrogen-bond acceptors (Lipinski definition) is 2. The van der Waals surface area contributed by atoms with Gasteiger partial charge in [0.25, 0.3) is 0 Å². The van der Waals surface area contributed by atoms with Crippen LogP contribution in [0, 0.1) is 6.92 Å². The lowest BCUT2D eigenvalue weighted by Crippen LogP contribution is -2.30. The van der Waals surface area contributed by atoms with E-state index in [1.807, 2.05) is 36.4 Å². The molecule has 0 saturated carbocycles. The number of primary amides is 1. The van der Waals surface area contributed by atoms with Crippen molar-refractivity contribution < 1.29 is 9.59 Å². The molecule has 0 aromatic heterocycles. The lowest BCUT2D eigenvalue weighted by atomic mass is 9.88. The second-order valence-corrected chi connectivity index (χ2v) is 6.94. The molecule has 3 rings (SSSR count). The number of carbonyl (C=O) groups is 2. The maximum atomic E-state index is 12.3. The van der Waals surface area contributed by atoms with Crippen LogP contribution in [0.5, 0.6) is 0 Å². The number of anilines is 1. The monoisotopic (exact) mass is 387 g/mol. The van der Waals surface area contributed by atoms with Gasteiger partial charge in [-0.1, -0.05) is 66.7 Å². The number of benzene rings is 3. The molecule has 29 heavy (non-hydrogen) atoms. The summed E-state index contributed by atoms with van der Waals surface area (Å²) < 4.78 is 0. The predicted octanol–water partition coefficient (Wildman–Crippen LogP) is 4.44. The summed E-state index contributed by atoms with van der Waals surface area (Å²) >= 11 is 0. The first-order chi connectivity index (χ1) is 14.0. The van der Waals surface area contributed by atoms with Gasteiger partial charge in [0.05, 0.1) is 0 Å². The van der Waals surface area contributed by atoms with Crippen molar-refractivity contribution in [3.8, 4) is 0 Å². The second kappa shape index (κ2) is 9.55. The Morgan fingerprint density at radius 3 is 2.03 bits per heavy atom. The summed E-state index contributed by atoms with van der Waals surface area (Å²) in [5.41, 5.74) is 9.50. The normalized spacial score (nSPS) is 10.6. The van der Waals surface area contributed by atoms with Crippen molar-refractivity contribution in [1.29, 1.82) is 0 Å². The van der Waals surface area contributed by atoms with Gasteiger partial charge in [-0.2, -0.15) is 0 Å². The van der Waals surface area contributed by atoms with Crippen LogP contribution in [-0.2, 0) is 0 Å². The molecule has 0 aliphatic carbocycles. The topological polar surface area (TPSA) is 84.2 Å². The standard InChI is InChI=1S/C24H25N3O2/c1-17-12-13-20(16-22(17)23(25)28)27-24(29)26-15-14-21(18-8-4-2-5-9-18)19-10-6-3-7-11-19/h2-13,16,21H,14-15H2,1H3,(H2,25,28)(H2,26,27,29). The summed E-state index contributed by atoms with van der Waals surface area (Å²) in [6.45, 7) is 2.31. The zero-order chi connectivity index (χ0) is 20.6. The molecule has 148 valence electrons. The number of urea groups is 1. The molecule has 0 heterocycles. The number of rotatable bonds is 7. The molecular weight excluding hydrogens is 362 g/mol. The van der Waals surface area contributed by atoms with Gasteiger partial charge in [-0.3, -0.25) is 4.79 Å². The van der Waals surface area contributed by atoms with Gasteiger partial charge >= 0.3 is 6.03 Å². The van der Waals surface area contributed by atoms with Crippen LogP contribution in [0.25, 0.3) is 0 Å². The van der Waals surface area contributed by atoms with Crippen molar-refractivity contribution in [3.63, 3.8) is 0 Å². The molecular formula is C24H25N3O2. The van der Waals surface area contributed by atoms with E-state index in [-0.39, 0.29) is 11.9 Å². The molecule has 0 saturated heterocycles. The number of amides is 3. The molecule has 0 aliphatic rings. The molecule has 0 bridgehead atoms. The highest BCUT2D eigenvalue weighted by Crippen LogP contribution is 2.27. The molecule has 0 aliphatic heterocycles. The first-order valence-corrected chi connectivity index (χ1v) is 9.60. The highest BCUT2D eigenvalue weighted by molar-refractivity contribution is 5.97. The van der Waals surface area contributed by atoms with Crippen molar-refractivity contribution in [2.75, 3.05) is 11.9 Å². The summed E-state index contributed by atoms with van der Waals surface area (Å²) in [6.07, 6.45) is 0.766. The van der Waals surface area contributed by atoms with Gasteiger partial charge in [-0.05, 0) is 42.2 Å². The fraction of sp³-hybridized carbons (Fsp3) is 0.167. The first kappa shape index (κ1) is 20.1. The largest absolute Gasteiger partial charge is 0.366 e. The van der Waals surface area contributed by atoms with E-state index in [1.54, 1.807) is 25.1 Å². The van der Waals surface area contributed by atoms with Crippen molar-refractivity contribution in [2.24, 2.45) is 5.73 Å². The minimum Gasteiger partial charge on any atom is -0.366 e. The molecule has 0 unspecified atom stereocenters. The van der Waals surface area contributed by atoms with Gasteiger partial charge in [0.15, 0.2) is 0 Å². The van der Waals surface area contributed by atoms with Crippen LogP contribution >= 0.6 is 0 Å². The van der Waals surface area contributed by atoms with Crippen molar-refractivity contribution >= 4 is 17.6 Å². The van der Waals surface area contributed by atoms with Crippen LogP contribution < -0.4 is 16.4 Å². The zero-order valence-corrected chi connectivity index (χ0v) is 16.4. The fourth-order valence-electron chi connectivity index (χ4n) is 3.37. The van der Waals surface area contributed by atoms with Crippen LogP contribution in [0.3, 0.4) is 0 Å². The predicted molar refractivity (Wildman–Crippen MR) is 116 cm³/mol. The number of aryl methyl sites for hydroxylation is 1. The second-order valence-electron chi connectivity index (χ2n) is 6.94. The quantitative estimate of drug-likeness (QED) is 0.560. The summed E-state index contributed by atoms with van der Waals surface area (Å²) in [4.78, 5) is 23.8. The summed E-state index contributed by atoms with van der Waals surface area (Å²) in [7, 11) is 0. The number of nitrogens with two attached hydrogens (primary N) is 1. The summed E-state index contributed by atoms with van der Waals surface area (Å²) in [5, 5.41) is 5.66. The Bertz CT molecular complexity index is 932. The molecule has 4 N–H and O–H groups in total. The van der Waals surface area contributed by atoms with Gasteiger partial charge in [-0.15, -0.1) is 0 Å². The minimum atomic E-state index is -0.514. The van der Waals surface area contributed by atoms with Crippen LogP contribution in [-0.4, -0.2) is 18.5 Å². The maximum Gasteiger partial charge on any atom is 0.319 e. The third-order valence-corrected chi connectivity index (χ3v) is 4.88. The van der Waals surface area contributed by atoms with Crippen LogP contribution in [0.2, 0.25) is 0 Å². The van der Waals surface area contributed by atoms with E-state index in [9.17, 15) is 9.59 Å². The van der Waals surface area contributed by atoms with E-state index in [0.29, 0.717) is 17.8 Å². The Labute approximate surface area is 170 Å². The van der Waals surface area contributed by atoms with Crippen molar-refractivity contribution in [1.82, 2.24) is 5.32 Å². The van der Waals surface area contributed by atoms with Crippen LogP contribution in [0.4, 0.5) is 10.5 Å². The molecule has 5 nitrogen and oxygen atoms in total. The number of hydrogen-bond donors (Lipinski definition) is 3. The van der Waals surface area contributed by atoms with E-state index >= 15 is 0 Å². The molecule has 0 atom stereocenters. The van der Waals surface area contributed by atoms with Gasteiger partial charge in [0.2, 0.25) is 5.91 Å².